The Balaban J connectivity index is 2.27. The zero-order valence-electron chi connectivity index (χ0n) is 10.6. The minimum atomic E-state index is 0.689. The molecule has 96 valence electrons. The zero-order valence-corrected chi connectivity index (χ0v) is 11.3. The van der Waals surface area contributed by atoms with Gasteiger partial charge in [-0.1, -0.05) is 11.6 Å². The fourth-order valence-corrected chi connectivity index (χ4v) is 2.04. The van der Waals surface area contributed by atoms with Gasteiger partial charge in [0.25, 0.3) is 0 Å². The first-order chi connectivity index (χ1) is 8.72. The highest BCUT2D eigenvalue weighted by atomic mass is 35.5. The summed E-state index contributed by atoms with van der Waals surface area (Å²) < 4.78 is 5.05. The summed E-state index contributed by atoms with van der Waals surface area (Å²) in [6.07, 6.45) is 2.53. The minimum Gasteiger partial charge on any atom is -0.385 e. The molecule has 0 aliphatic heterocycles. The molecule has 0 saturated carbocycles. The first-order valence-corrected chi connectivity index (χ1v) is 6.20. The second kappa shape index (κ2) is 5.98. The molecule has 1 aromatic carbocycles. The SMILES string of the molecule is COCCCN(C)c1ncnc2cc(Cl)ccc12. The van der Waals surface area contributed by atoms with E-state index in [4.69, 9.17) is 16.3 Å². The summed E-state index contributed by atoms with van der Waals surface area (Å²) in [7, 11) is 3.73. The predicted molar refractivity (Wildman–Crippen MR) is 74.3 cm³/mol. The predicted octanol–water partition coefficient (Wildman–Crippen LogP) is 2.76. The van der Waals surface area contributed by atoms with Crippen LogP contribution < -0.4 is 4.90 Å². The number of benzene rings is 1. The van der Waals surface area contributed by atoms with Gasteiger partial charge in [0.15, 0.2) is 0 Å². The number of hydrogen-bond donors (Lipinski definition) is 0. The average Bonchev–Trinajstić information content (AvgIpc) is 2.37. The van der Waals surface area contributed by atoms with Gasteiger partial charge in [-0.3, -0.25) is 0 Å². The van der Waals surface area contributed by atoms with Crippen LogP contribution in [0.3, 0.4) is 0 Å². The van der Waals surface area contributed by atoms with Crippen molar-refractivity contribution < 1.29 is 4.74 Å². The molecule has 1 aromatic heterocycles. The average molecular weight is 266 g/mol. The number of anilines is 1. The molecule has 0 saturated heterocycles. The van der Waals surface area contributed by atoms with Crippen molar-refractivity contribution in [3.63, 3.8) is 0 Å². The second-order valence-corrected chi connectivity index (χ2v) is 4.56. The van der Waals surface area contributed by atoms with Crippen LogP contribution in [0.1, 0.15) is 6.42 Å². The molecular formula is C13H16ClN3O. The Morgan fingerprint density at radius 1 is 1.33 bits per heavy atom. The van der Waals surface area contributed by atoms with Crippen LogP contribution in [0, 0.1) is 0 Å². The van der Waals surface area contributed by atoms with E-state index in [1.54, 1.807) is 13.4 Å². The molecule has 0 amide bonds. The van der Waals surface area contributed by atoms with Gasteiger partial charge in [-0.05, 0) is 24.6 Å². The molecule has 0 aliphatic carbocycles. The number of rotatable bonds is 5. The number of fused-ring (bicyclic) bond motifs is 1. The molecular weight excluding hydrogens is 250 g/mol. The Bertz CT molecular complexity index is 533. The Morgan fingerprint density at radius 3 is 2.94 bits per heavy atom. The van der Waals surface area contributed by atoms with Crippen LogP contribution in [-0.2, 0) is 4.74 Å². The molecule has 0 atom stereocenters. The maximum atomic E-state index is 5.96. The number of hydrogen-bond acceptors (Lipinski definition) is 4. The maximum Gasteiger partial charge on any atom is 0.139 e. The highest BCUT2D eigenvalue weighted by Gasteiger charge is 2.08. The molecule has 2 rings (SSSR count). The molecule has 0 aliphatic rings. The standard InChI is InChI=1S/C13H16ClN3O/c1-17(6-3-7-18-2)13-11-5-4-10(14)8-12(11)15-9-16-13/h4-5,8-9H,3,6-7H2,1-2H3. The molecule has 0 bridgehead atoms. The van der Waals surface area contributed by atoms with Gasteiger partial charge in [0, 0.05) is 37.7 Å². The van der Waals surface area contributed by atoms with Gasteiger partial charge in [-0.15, -0.1) is 0 Å². The summed E-state index contributed by atoms with van der Waals surface area (Å²) in [5, 5.41) is 1.70. The Morgan fingerprint density at radius 2 is 2.17 bits per heavy atom. The fraction of sp³-hybridized carbons (Fsp3) is 0.385. The van der Waals surface area contributed by atoms with E-state index >= 15 is 0 Å². The van der Waals surface area contributed by atoms with E-state index in [1.165, 1.54) is 0 Å². The zero-order chi connectivity index (χ0) is 13.0. The Kier molecular flexibility index (Phi) is 4.33. The van der Waals surface area contributed by atoms with E-state index in [2.05, 4.69) is 14.9 Å². The van der Waals surface area contributed by atoms with Crippen molar-refractivity contribution in [1.29, 1.82) is 0 Å². The molecule has 0 spiro atoms. The summed E-state index contributed by atoms with van der Waals surface area (Å²) in [5.41, 5.74) is 0.867. The summed E-state index contributed by atoms with van der Waals surface area (Å²) in [4.78, 5) is 10.7. The minimum absolute atomic E-state index is 0.689. The van der Waals surface area contributed by atoms with Gasteiger partial charge in [-0.2, -0.15) is 0 Å². The molecule has 0 N–H and O–H groups in total. The van der Waals surface area contributed by atoms with Crippen LogP contribution in [0.15, 0.2) is 24.5 Å². The third-order valence-electron chi connectivity index (χ3n) is 2.78. The van der Waals surface area contributed by atoms with Gasteiger partial charge in [0.2, 0.25) is 0 Å². The normalized spacial score (nSPS) is 10.8. The topological polar surface area (TPSA) is 38.2 Å². The van der Waals surface area contributed by atoms with E-state index in [0.717, 1.165) is 36.3 Å². The van der Waals surface area contributed by atoms with E-state index in [-0.39, 0.29) is 0 Å². The van der Waals surface area contributed by atoms with Gasteiger partial charge >= 0.3 is 0 Å². The molecule has 0 radical (unpaired) electrons. The van der Waals surface area contributed by atoms with Crippen molar-refractivity contribution in [3.05, 3.63) is 29.5 Å². The van der Waals surface area contributed by atoms with Gasteiger partial charge < -0.3 is 9.64 Å². The van der Waals surface area contributed by atoms with E-state index in [9.17, 15) is 0 Å². The van der Waals surface area contributed by atoms with Crippen molar-refractivity contribution in [2.45, 2.75) is 6.42 Å². The monoisotopic (exact) mass is 265 g/mol. The third-order valence-corrected chi connectivity index (χ3v) is 3.02. The maximum absolute atomic E-state index is 5.96. The number of methoxy groups -OCH3 is 1. The molecule has 4 nitrogen and oxygen atoms in total. The number of halogens is 1. The smallest absolute Gasteiger partial charge is 0.139 e. The third kappa shape index (κ3) is 2.89. The van der Waals surface area contributed by atoms with E-state index < -0.39 is 0 Å². The molecule has 0 unspecified atom stereocenters. The van der Waals surface area contributed by atoms with Crippen LogP contribution in [0.25, 0.3) is 10.9 Å². The van der Waals surface area contributed by atoms with Gasteiger partial charge in [-0.25, -0.2) is 9.97 Å². The fourth-order valence-electron chi connectivity index (χ4n) is 1.87. The quantitative estimate of drug-likeness (QED) is 0.779. The molecule has 5 heteroatoms. The highest BCUT2D eigenvalue weighted by molar-refractivity contribution is 6.31. The van der Waals surface area contributed by atoms with Crippen LogP contribution >= 0.6 is 11.6 Å². The van der Waals surface area contributed by atoms with E-state index in [0.29, 0.717) is 5.02 Å². The van der Waals surface area contributed by atoms with Crippen molar-refractivity contribution in [2.24, 2.45) is 0 Å². The van der Waals surface area contributed by atoms with Crippen molar-refractivity contribution >= 4 is 28.3 Å². The lowest BCUT2D eigenvalue weighted by Crippen LogP contribution is -2.21. The summed E-state index contributed by atoms with van der Waals surface area (Å²) in [6, 6.07) is 5.67. The number of aromatic nitrogens is 2. The van der Waals surface area contributed by atoms with Gasteiger partial charge in [0.1, 0.15) is 12.1 Å². The summed E-state index contributed by atoms with van der Waals surface area (Å²) in [5.74, 6) is 0.924. The lowest BCUT2D eigenvalue weighted by Gasteiger charge is -2.19. The lowest BCUT2D eigenvalue weighted by atomic mass is 10.2. The molecule has 1 heterocycles. The Labute approximate surface area is 112 Å². The first-order valence-electron chi connectivity index (χ1n) is 5.82. The largest absolute Gasteiger partial charge is 0.385 e. The van der Waals surface area contributed by atoms with Crippen molar-refractivity contribution in [1.82, 2.24) is 9.97 Å². The van der Waals surface area contributed by atoms with Crippen LogP contribution in [0.2, 0.25) is 5.02 Å². The first kappa shape index (κ1) is 13.1. The van der Waals surface area contributed by atoms with Crippen LogP contribution in [0.4, 0.5) is 5.82 Å². The van der Waals surface area contributed by atoms with E-state index in [1.807, 2.05) is 25.2 Å². The van der Waals surface area contributed by atoms with Gasteiger partial charge in [0.05, 0.1) is 5.52 Å². The highest BCUT2D eigenvalue weighted by Crippen LogP contribution is 2.24. The van der Waals surface area contributed by atoms with Crippen LogP contribution in [-0.4, -0.2) is 37.3 Å². The number of ether oxygens (including phenoxy) is 1. The summed E-state index contributed by atoms with van der Waals surface area (Å²) in [6.45, 7) is 1.64. The number of nitrogens with zero attached hydrogens (tertiary/aromatic N) is 3. The lowest BCUT2D eigenvalue weighted by molar-refractivity contribution is 0.196. The van der Waals surface area contributed by atoms with Crippen LogP contribution in [0.5, 0.6) is 0 Å². The molecule has 18 heavy (non-hydrogen) atoms. The van der Waals surface area contributed by atoms with Crippen molar-refractivity contribution in [2.75, 3.05) is 32.2 Å². The molecule has 0 fully saturated rings. The van der Waals surface area contributed by atoms with Crippen molar-refractivity contribution in [3.8, 4) is 0 Å². The Hall–Kier alpha value is -1.39. The summed E-state index contributed by atoms with van der Waals surface area (Å²) >= 11 is 5.96. The molecule has 2 aromatic rings. The second-order valence-electron chi connectivity index (χ2n) is 4.13.